The normalized spacial score (nSPS) is 16.1. The second kappa shape index (κ2) is 8.84. The topological polar surface area (TPSA) is 155 Å². The van der Waals surface area contributed by atoms with Crippen molar-refractivity contribution >= 4 is 34.5 Å². The molecule has 5 rings (SSSR count). The minimum absolute atomic E-state index is 0.0668. The highest BCUT2D eigenvalue weighted by molar-refractivity contribution is 6.00. The van der Waals surface area contributed by atoms with Crippen molar-refractivity contribution in [3.8, 4) is 0 Å². The van der Waals surface area contributed by atoms with Gasteiger partial charge in [0.1, 0.15) is 17.4 Å². The smallest absolute Gasteiger partial charge is 0.408 e. The maximum atomic E-state index is 14.4. The number of carbonyl (C=O) groups is 3. The van der Waals surface area contributed by atoms with Gasteiger partial charge in [0.15, 0.2) is 17.0 Å². The molecule has 12 nitrogen and oxygen atoms in total. The molecule has 37 heavy (non-hydrogen) atoms. The molecule has 1 aliphatic rings. The number of hydrogen-bond acceptors (Lipinski definition) is 7. The van der Waals surface area contributed by atoms with E-state index in [0.717, 1.165) is 10.7 Å². The summed E-state index contributed by atoms with van der Waals surface area (Å²) >= 11 is 0. The number of aromatic amines is 1. The van der Waals surface area contributed by atoms with Crippen molar-refractivity contribution in [2.45, 2.75) is 45.3 Å². The van der Waals surface area contributed by atoms with E-state index in [1.165, 1.54) is 6.07 Å². The second-order valence-electron chi connectivity index (χ2n) is 9.76. The summed E-state index contributed by atoms with van der Waals surface area (Å²) < 4.78 is 20.3. The molecule has 3 amide bonds. The van der Waals surface area contributed by atoms with E-state index in [1.807, 2.05) is 20.8 Å². The van der Waals surface area contributed by atoms with Crippen LogP contribution in [-0.2, 0) is 11.3 Å². The molecule has 1 saturated heterocycles. The van der Waals surface area contributed by atoms with Crippen molar-refractivity contribution in [2.24, 2.45) is 0 Å². The van der Waals surface area contributed by atoms with Crippen LogP contribution < -0.4 is 16.4 Å². The van der Waals surface area contributed by atoms with Crippen LogP contribution in [0.25, 0.3) is 16.7 Å². The first-order valence-corrected chi connectivity index (χ1v) is 11.6. The van der Waals surface area contributed by atoms with E-state index >= 15 is 0 Å². The Morgan fingerprint density at radius 3 is 2.73 bits per heavy atom. The Kier molecular flexibility index (Phi) is 5.77. The summed E-state index contributed by atoms with van der Waals surface area (Å²) in [7, 11) is 0. The summed E-state index contributed by atoms with van der Waals surface area (Å²) in [6, 6.07) is 5.35. The standard InChI is InChI=1S/C24H24FN7O5/c1-24(2,3)31-7-6-14(22(31)35)29-21(34)17-9-16(28-19-13(25)11-27-32(17)19)20(33)26-10-12-4-5-18-15(8-12)30-23(36)37-18/h4-5,8-9,11,14H,6-7,10H2,1-3H3,(H,26,33)(H,29,34)(H,30,36)/t14-/m0/s1. The predicted molar refractivity (Wildman–Crippen MR) is 128 cm³/mol. The van der Waals surface area contributed by atoms with Crippen LogP contribution in [0, 0.1) is 5.82 Å². The van der Waals surface area contributed by atoms with Crippen LogP contribution in [0.1, 0.15) is 53.7 Å². The Morgan fingerprint density at radius 2 is 2.00 bits per heavy atom. The molecule has 13 heteroatoms. The Bertz CT molecular complexity index is 1610. The highest BCUT2D eigenvalue weighted by atomic mass is 19.1. The maximum Gasteiger partial charge on any atom is 0.417 e. The molecule has 1 fully saturated rings. The number of hydrogen-bond donors (Lipinski definition) is 3. The van der Waals surface area contributed by atoms with E-state index in [4.69, 9.17) is 4.42 Å². The molecule has 1 aromatic carbocycles. The summed E-state index contributed by atoms with van der Waals surface area (Å²) in [5, 5.41) is 9.21. The average molecular weight is 509 g/mol. The average Bonchev–Trinajstić information content (AvgIpc) is 3.52. The first-order chi connectivity index (χ1) is 17.5. The lowest BCUT2D eigenvalue weighted by atomic mass is 10.1. The quantitative estimate of drug-likeness (QED) is 0.367. The number of nitrogens with zero attached hydrogens (tertiary/aromatic N) is 4. The van der Waals surface area contributed by atoms with Crippen LogP contribution in [0.3, 0.4) is 0 Å². The van der Waals surface area contributed by atoms with Crippen molar-refractivity contribution in [1.82, 2.24) is 35.1 Å². The monoisotopic (exact) mass is 509 g/mol. The minimum Gasteiger partial charge on any atom is -0.408 e. The fraction of sp³-hybridized carbons (Fsp3) is 0.333. The number of benzene rings is 1. The molecule has 3 aromatic heterocycles. The Hall–Kier alpha value is -4.55. The number of carbonyl (C=O) groups excluding carboxylic acids is 3. The highest BCUT2D eigenvalue weighted by Gasteiger charge is 2.38. The lowest BCUT2D eigenvalue weighted by Crippen LogP contribution is -2.48. The third-order valence-electron chi connectivity index (χ3n) is 6.15. The molecular formula is C24H24FN7O5. The fourth-order valence-electron chi connectivity index (χ4n) is 4.31. The highest BCUT2D eigenvalue weighted by Crippen LogP contribution is 2.22. The molecule has 1 atom stereocenters. The number of rotatable bonds is 5. The van der Waals surface area contributed by atoms with Crippen molar-refractivity contribution < 1.29 is 23.2 Å². The maximum absolute atomic E-state index is 14.4. The number of halogens is 1. The minimum atomic E-state index is -0.811. The van der Waals surface area contributed by atoms with Crippen LogP contribution >= 0.6 is 0 Å². The van der Waals surface area contributed by atoms with Crippen LogP contribution in [0.2, 0.25) is 0 Å². The molecule has 192 valence electrons. The van der Waals surface area contributed by atoms with Gasteiger partial charge in [-0.2, -0.15) is 5.10 Å². The van der Waals surface area contributed by atoms with E-state index < -0.39 is 35.0 Å². The number of oxazole rings is 1. The van der Waals surface area contributed by atoms with Gasteiger partial charge in [-0.05, 0) is 44.9 Å². The lowest BCUT2D eigenvalue weighted by Gasteiger charge is -2.32. The summed E-state index contributed by atoms with van der Waals surface area (Å²) in [5.74, 6) is -2.96. The van der Waals surface area contributed by atoms with Gasteiger partial charge in [-0.3, -0.25) is 19.4 Å². The summed E-state index contributed by atoms with van der Waals surface area (Å²) in [6.45, 7) is 6.28. The molecule has 1 aliphatic heterocycles. The van der Waals surface area contributed by atoms with Crippen molar-refractivity contribution in [3.63, 3.8) is 0 Å². The first-order valence-electron chi connectivity index (χ1n) is 11.6. The Morgan fingerprint density at radius 1 is 1.22 bits per heavy atom. The van der Waals surface area contributed by atoms with Gasteiger partial charge in [0.05, 0.1) is 11.7 Å². The van der Waals surface area contributed by atoms with E-state index in [-0.39, 0.29) is 29.5 Å². The molecule has 0 aliphatic carbocycles. The predicted octanol–water partition coefficient (Wildman–Crippen LogP) is 1.36. The number of likely N-dealkylation sites (tertiary alicyclic amines) is 1. The zero-order valence-corrected chi connectivity index (χ0v) is 20.3. The van der Waals surface area contributed by atoms with Crippen molar-refractivity contribution in [3.05, 3.63) is 63.8 Å². The Balaban J connectivity index is 1.37. The summed E-state index contributed by atoms with van der Waals surface area (Å²) in [6.07, 6.45) is 1.31. The van der Waals surface area contributed by atoms with E-state index in [1.54, 1.807) is 23.1 Å². The van der Waals surface area contributed by atoms with Gasteiger partial charge in [-0.1, -0.05) is 6.07 Å². The van der Waals surface area contributed by atoms with Crippen LogP contribution in [0.15, 0.2) is 39.7 Å². The summed E-state index contributed by atoms with van der Waals surface area (Å²) in [5.41, 5.74) is 0.477. The van der Waals surface area contributed by atoms with Crippen LogP contribution in [0.4, 0.5) is 4.39 Å². The molecule has 3 N–H and O–H groups in total. The van der Waals surface area contributed by atoms with Gasteiger partial charge in [0, 0.05) is 24.7 Å². The van der Waals surface area contributed by atoms with Crippen LogP contribution in [-0.4, -0.2) is 60.3 Å². The number of H-pyrrole nitrogens is 1. The summed E-state index contributed by atoms with van der Waals surface area (Å²) in [4.78, 5) is 58.4. The lowest BCUT2D eigenvalue weighted by molar-refractivity contribution is -0.133. The van der Waals surface area contributed by atoms with Gasteiger partial charge < -0.3 is 20.0 Å². The molecule has 0 unspecified atom stereocenters. The number of aromatic nitrogens is 4. The molecule has 0 spiro atoms. The van der Waals surface area contributed by atoms with Crippen molar-refractivity contribution in [1.29, 1.82) is 0 Å². The molecule has 4 aromatic rings. The van der Waals surface area contributed by atoms with Gasteiger partial charge in [0.2, 0.25) is 5.91 Å². The van der Waals surface area contributed by atoms with Crippen molar-refractivity contribution in [2.75, 3.05) is 6.54 Å². The zero-order chi connectivity index (χ0) is 26.5. The first kappa shape index (κ1) is 24.2. The molecule has 0 bridgehead atoms. The molecule has 0 radical (unpaired) electrons. The van der Waals surface area contributed by atoms with Gasteiger partial charge in [-0.15, -0.1) is 0 Å². The van der Waals surface area contributed by atoms with Gasteiger partial charge >= 0.3 is 5.76 Å². The van der Waals surface area contributed by atoms with E-state index in [0.29, 0.717) is 29.6 Å². The fourth-order valence-corrected chi connectivity index (χ4v) is 4.31. The zero-order valence-electron chi connectivity index (χ0n) is 20.3. The van der Waals surface area contributed by atoms with Gasteiger partial charge in [-0.25, -0.2) is 18.7 Å². The number of fused-ring (bicyclic) bond motifs is 2. The number of amides is 3. The largest absolute Gasteiger partial charge is 0.417 e. The third-order valence-corrected chi connectivity index (χ3v) is 6.15. The molecule has 4 heterocycles. The van der Waals surface area contributed by atoms with E-state index in [9.17, 15) is 23.6 Å². The SMILES string of the molecule is CC(C)(C)N1CC[C@H](NC(=O)c2cc(C(=O)NCc3ccc4oc(=O)[nH]c4c3)nc3c(F)cnn23)C1=O. The molecular weight excluding hydrogens is 485 g/mol. The van der Waals surface area contributed by atoms with Gasteiger partial charge in [0.25, 0.3) is 11.8 Å². The second-order valence-corrected chi connectivity index (χ2v) is 9.76. The van der Waals surface area contributed by atoms with E-state index in [2.05, 4.69) is 25.7 Å². The third kappa shape index (κ3) is 4.55. The van der Waals surface area contributed by atoms with Crippen LogP contribution in [0.5, 0.6) is 0 Å². The Labute approximate surface area is 208 Å². The number of nitrogens with one attached hydrogen (secondary N) is 3. The molecule has 0 saturated carbocycles.